The maximum Gasteiger partial charge on any atom is 0.264 e. The summed E-state index contributed by atoms with van der Waals surface area (Å²) in [5, 5.41) is 1.41. The number of thiophene rings is 1. The Hall–Kier alpha value is -4.28. The summed E-state index contributed by atoms with van der Waals surface area (Å²) in [5.41, 5.74) is 21.4. The molecule has 6 aromatic rings. The van der Waals surface area contributed by atoms with Crippen molar-refractivity contribution in [2.45, 2.75) is 136 Å². The minimum atomic E-state index is 0.0954. The van der Waals surface area contributed by atoms with Gasteiger partial charge < -0.3 is 9.80 Å². The van der Waals surface area contributed by atoms with Gasteiger partial charge in [-0.15, -0.1) is 11.3 Å². The number of aryl methyl sites for hydroxylation is 2. The predicted octanol–water partition coefficient (Wildman–Crippen LogP) is 13.4. The second kappa shape index (κ2) is 12.1. The molecular formula is C53H59BN2S. The number of para-hydroxylation sites is 2. The van der Waals surface area contributed by atoms with Gasteiger partial charge in [0.1, 0.15) is 0 Å². The second-order valence-corrected chi connectivity index (χ2v) is 22.1. The smallest absolute Gasteiger partial charge is 0.264 e. The molecule has 0 unspecified atom stereocenters. The van der Waals surface area contributed by atoms with Crippen LogP contribution in [0.25, 0.3) is 10.1 Å². The molecule has 0 fully saturated rings. The molecule has 4 heteroatoms. The van der Waals surface area contributed by atoms with Crippen molar-refractivity contribution in [2.24, 2.45) is 0 Å². The van der Waals surface area contributed by atoms with Crippen LogP contribution in [0.5, 0.6) is 0 Å². The maximum absolute atomic E-state index is 2.70. The molecule has 0 atom stereocenters. The average Bonchev–Trinajstić information content (AvgIpc) is 3.53. The molecule has 0 bridgehead atoms. The fraction of sp³-hybridized carbons (Fsp3) is 0.396. The molecule has 2 aliphatic carbocycles. The van der Waals surface area contributed by atoms with Gasteiger partial charge in [0.2, 0.25) is 0 Å². The SMILES string of the molecule is Cc1ccccc1N1c2cc3c(cc2B2c4sc5cc6c(cc5c4N(c4ccccc4C)c4cc(C(C)C)cc1c42)C(C)(C)CCC6(C)C)C(C)(C)CCC3(C)C. The highest BCUT2D eigenvalue weighted by Gasteiger charge is 2.49. The topological polar surface area (TPSA) is 6.48 Å². The van der Waals surface area contributed by atoms with Gasteiger partial charge in [-0.1, -0.05) is 112 Å². The Labute approximate surface area is 346 Å². The molecule has 0 radical (unpaired) electrons. The Morgan fingerprint density at radius 1 is 0.544 bits per heavy atom. The first-order valence-corrected chi connectivity index (χ1v) is 22.4. The maximum atomic E-state index is 2.70. The van der Waals surface area contributed by atoms with E-state index in [2.05, 4.69) is 189 Å². The highest BCUT2D eigenvalue weighted by atomic mass is 32.1. The van der Waals surface area contributed by atoms with E-state index in [0.29, 0.717) is 5.92 Å². The summed E-state index contributed by atoms with van der Waals surface area (Å²) in [5.74, 6) is 0.364. The third-order valence-corrected chi connectivity index (χ3v) is 16.2. The summed E-state index contributed by atoms with van der Waals surface area (Å²) in [6.45, 7) is 29.3. The molecule has 0 spiro atoms. The number of hydrogen-bond acceptors (Lipinski definition) is 3. The van der Waals surface area contributed by atoms with Gasteiger partial charge >= 0.3 is 0 Å². The van der Waals surface area contributed by atoms with Gasteiger partial charge in [0, 0.05) is 43.3 Å². The van der Waals surface area contributed by atoms with Crippen molar-refractivity contribution in [1.82, 2.24) is 0 Å². The first-order valence-electron chi connectivity index (χ1n) is 21.6. The summed E-state index contributed by atoms with van der Waals surface area (Å²) >= 11 is 2.07. The molecule has 0 saturated heterocycles. The molecule has 2 aliphatic heterocycles. The lowest BCUT2D eigenvalue weighted by atomic mass is 9.35. The minimum Gasteiger partial charge on any atom is -0.311 e. The lowest BCUT2D eigenvalue weighted by Gasteiger charge is -2.47. The van der Waals surface area contributed by atoms with Crippen LogP contribution in [0.3, 0.4) is 0 Å². The number of anilines is 6. The van der Waals surface area contributed by atoms with Gasteiger partial charge in [-0.05, 0) is 159 Å². The fourth-order valence-electron chi connectivity index (χ4n) is 11.1. The summed E-state index contributed by atoms with van der Waals surface area (Å²) < 4.78 is 2.90. The number of hydrogen-bond donors (Lipinski definition) is 0. The Morgan fingerprint density at radius 2 is 1.02 bits per heavy atom. The van der Waals surface area contributed by atoms with E-state index in [4.69, 9.17) is 0 Å². The number of benzene rings is 5. The van der Waals surface area contributed by atoms with E-state index in [-0.39, 0.29) is 28.4 Å². The van der Waals surface area contributed by atoms with Crippen molar-refractivity contribution in [3.63, 3.8) is 0 Å². The van der Waals surface area contributed by atoms with Crippen LogP contribution < -0.4 is 25.5 Å². The van der Waals surface area contributed by atoms with Crippen molar-refractivity contribution in [3.05, 3.63) is 124 Å². The number of rotatable bonds is 3. The Bertz CT molecular complexity index is 2670. The van der Waals surface area contributed by atoms with Crippen LogP contribution in [0.2, 0.25) is 0 Å². The largest absolute Gasteiger partial charge is 0.311 e. The van der Waals surface area contributed by atoms with E-state index < -0.39 is 0 Å². The van der Waals surface area contributed by atoms with E-state index in [1.165, 1.54) is 119 Å². The molecule has 2 nitrogen and oxygen atoms in total. The molecule has 3 heterocycles. The monoisotopic (exact) mass is 766 g/mol. The van der Waals surface area contributed by atoms with Crippen molar-refractivity contribution >= 4 is 78.0 Å². The zero-order valence-electron chi connectivity index (χ0n) is 36.4. The lowest BCUT2D eigenvalue weighted by Crippen LogP contribution is -2.61. The van der Waals surface area contributed by atoms with Crippen LogP contribution in [0.4, 0.5) is 34.1 Å². The van der Waals surface area contributed by atoms with Crippen LogP contribution in [-0.2, 0) is 21.7 Å². The zero-order chi connectivity index (χ0) is 40.1. The molecular weight excluding hydrogens is 707 g/mol. The summed E-state index contributed by atoms with van der Waals surface area (Å²) in [4.78, 5) is 5.37. The van der Waals surface area contributed by atoms with E-state index in [0.717, 1.165) is 0 Å². The van der Waals surface area contributed by atoms with E-state index in [1.807, 2.05) is 0 Å². The quantitative estimate of drug-likeness (QED) is 0.165. The molecule has 5 aromatic carbocycles. The zero-order valence-corrected chi connectivity index (χ0v) is 37.2. The number of nitrogens with zero attached hydrogens (tertiary/aromatic N) is 2. The van der Waals surface area contributed by atoms with Crippen molar-refractivity contribution in [1.29, 1.82) is 0 Å². The van der Waals surface area contributed by atoms with Crippen molar-refractivity contribution in [2.75, 3.05) is 9.80 Å². The Balaban J connectivity index is 1.39. The van der Waals surface area contributed by atoms with Crippen LogP contribution >= 0.6 is 11.3 Å². The van der Waals surface area contributed by atoms with Gasteiger partial charge in [0.15, 0.2) is 0 Å². The van der Waals surface area contributed by atoms with E-state index in [1.54, 1.807) is 5.56 Å². The minimum absolute atomic E-state index is 0.0954. The first kappa shape index (κ1) is 37.0. The third kappa shape index (κ3) is 5.27. The summed E-state index contributed by atoms with van der Waals surface area (Å²) in [6.07, 6.45) is 4.82. The van der Waals surface area contributed by atoms with Crippen molar-refractivity contribution in [3.8, 4) is 0 Å². The Morgan fingerprint density at radius 3 is 1.56 bits per heavy atom. The van der Waals surface area contributed by atoms with E-state index >= 15 is 0 Å². The third-order valence-electron chi connectivity index (χ3n) is 15.0. The van der Waals surface area contributed by atoms with Crippen LogP contribution in [-0.4, -0.2) is 6.71 Å². The normalized spacial score (nSPS) is 19.2. The lowest BCUT2D eigenvalue weighted by molar-refractivity contribution is 0.332. The standard InChI is InChI=1S/C53H59BN2S/c1-31(2)34-25-44-47-45(26-34)56(42-20-16-14-18-33(42)4)48-35-27-36-39(53(11,12)24-21-50(36,5)6)30-46(35)57-49(48)54(47)40-28-37-38(52(9,10)23-22-51(37,7)8)29-43(40)55(44)41-19-15-13-17-32(41)3/h13-20,25-31H,21-24H2,1-12H3. The highest BCUT2D eigenvalue weighted by molar-refractivity contribution is 7.33. The van der Waals surface area contributed by atoms with E-state index in [9.17, 15) is 0 Å². The molecule has 57 heavy (non-hydrogen) atoms. The Kier molecular flexibility index (Phi) is 7.88. The fourth-order valence-corrected chi connectivity index (χ4v) is 12.4. The predicted molar refractivity (Wildman–Crippen MR) is 250 cm³/mol. The molecule has 4 aliphatic rings. The summed E-state index contributed by atoms with van der Waals surface area (Å²) in [7, 11) is 0. The highest BCUT2D eigenvalue weighted by Crippen LogP contribution is 2.54. The van der Waals surface area contributed by atoms with Crippen LogP contribution in [0.1, 0.15) is 140 Å². The first-order chi connectivity index (χ1) is 26.9. The number of fused-ring (bicyclic) bond motifs is 8. The average molecular weight is 767 g/mol. The molecule has 10 rings (SSSR count). The summed E-state index contributed by atoms with van der Waals surface area (Å²) in [6, 6.07) is 33.9. The molecule has 290 valence electrons. The van der Waals surface area contributed by atoms with Gasteiger partial charge in [-0.2, -0.15) is 0 Å². The molecule has 1 aromatic heterocycles. The van der Waals surface area contributed by atoms with Crippen molar-refractivity contribution < 1.29 is 0 Å². The van der Waals surface area contributed by atoms with Gasteiger partial charge in [-0.25, -0.2) is 0 Å². The van der Waals surface area contributed by atoms with Gasteiger partial charge in [0.25, 0.3) is 6.71 Å². The molecule has 0 saturated carbocycles. The second-order valence-electron chi connectivity index (χ2n) is 21.0. The van der Waals surface area contributed by atoms with Crippen LogP contribution in [0.15, 0.2) is 84.9 Å². The molecule has 0 amide bonds. The van der Waals surface area contributed by atoms with Gasteiger partial charge in [0.05, 0.1) is 5.69 Å². The van der Waals surface area contributed by atoms with Crippen LogP contribution in [0, 0.1) is 13.8 Å². The van der Waals surface area contributed by atoms with Gasteiger partial charge in [-0.3, -0.25) is 0 Å². The molecule has 0 N–H and O–H groups in total.